The largest absolute Gasteiger partial charge is 0.300 e. The zero-order valence-electron chi connectivity index (χ0n) is 8.23. The Bertz CT molecular complexity index is 321. The molecule has 1 unspecified atom stereocenters. The SMILES string of the molecule is CC1C/C=C/C(C#N)=C\C=C/1CON. The standard InChI is InChI=1S/C11H14N2O/c1-9-3-2-4-10(7-12)5-6-11(9)8-14-13/h2,4-6,9H,3,8,13H2,1H3/b4-2+,10-5+,11-6-. The molecule has 0 heterocycles. The van der Waals surface area contributed by atoms with Crippen LogP contribution in [-0.2, 0) is 4.84 Å². The summed E-state index contributed by atoms with van der Waals surface area (Å²) in [5.41, 5.74) is 1.77. The molecule has 0 saturated heterocycles. The Morgan fingerprint density at radius 1 is 1.64 bits per heavy atom. The summed E-state index contributed by atoms with van der Waals surface area (Å²) < 4.78 is 0. The Kier molecular flexibility index (Phi) is 4.11. The van der Waals surface area contributed by atoms with Gasteiger partial charge in [0.25, 0.3) is 0 Å². The number of nitriles is 1. The molecule has 1 atom stereocenters. The first-order chi connectivity index (χ1) is 6.77. The van der Waals surface area contributed by atoms with Gasteiger partial charge in [-0.2, -0.15) is 5.26 Å². The van der Waals surface area contributed by atoms with E-state index in [4.69, 9.17) is 11.2 Å². The van der Waals surface area contributed by atoms with Crippen LogP contribution in [0.2, 0.25) is 0 Å². The van der Waals surface area contributed by atoms with Crippen molar-refractivity contribution in [3.63, 3.8) is 0 Å². The number of nitrogens with two attached hydrogens (primary N) is 1. The predicted molar refractivity (Wildman–Crippen MR) is 54.8 cm³/mol. The van der Waals surface area contributed by atoms with Crippen molar-refractivity contribution in [2.24, 2.45) is 11.8 Å². The van der Waals surface area contributed by atoms with Crippen molar-refractivity contribution >= 4 is 0 Å². The lowest BCUT2D eigenvalue weighted by Gasteiger charge is -2.13. The highest BCUT2D eigenvalue weighted by molar-refractivity contribution is 5.38. The second-order valence-electron chi connectivity index (χ2n) is 3.33. The maximum absolute atomic E-state index is 8.74. The maximum atomic E-state index is 8.74. The first-order valence-corrected chi connectivity index (χ1v) is 4.57. The summed E-state index contributed by atoms with van der Waals surface area (Å²) in [4.78, 5) is 4.61. The minimum absolute atomic E-state index is 0.409. The zero-order valence-corrected chi connectivity index (χ0v) is 8.23. The van der Waals surface area contributed by atoms with E-state index in [0.29, 0.717) is 18.1 Å². The highest BCUT2D eigenvalue weighted by atomic mass is 16.6. The number of rotatable bonds is 2. The summed E-state index contributed by atoms with van der Waals surface area (Å²) in [6.45, 7) is 2.53. The highest BCUT2D eigenvalue weighted by Crippen LogP contribution is 2.18. The second kappa shape index (κ2) is 5.38. The summed E-state index contributed by atoms with van der Waals surface area (Å²) in [5.74, 6) is 5.44. The van der Waals surface area contributed by atoms with E-state index in [9.17, 15) is 0 Å². The molecule has 0 aliphatic heterocycles. The third-order valence-electron chi connectivity index (χ3n) is 2.28. The Labute approximate surface area is 84.1 Å². The second-order valence-corrected chi connectivity index (χ2v) is 3.33. The molecule has 3 heteroatoms. The van der Waals surface area contributed by atoms with Crippen LogP contribution in [0.5, 0.6) is 0 Å². The van der Waals surface area contributed by atoms with Crippen LogP contribution in [0.15, 0.2) is 35.5 Å². The predicted octanol–water partition coefficient (Wildman–Crippen LogP) is 1.85. The number of hydrogen-bond acceptors (Lipinski definition) is 3. The van der Waals surface area contributed by atoms with E-state index in [1.165, 1.54) is 0 Å². The van der Waals surface area contributed by atoms with Gasteiger partial charge in [0, 0.05) is 0 Å². The van der Waals surface area contributed by atoms with Crippen LogP contribution in [0.4, 0.5) is 0 Å². The van der Waals surface area contributed by atoms with Crippen LogP contribution >= 0.6 is 0 Å². The summed E-state index contributed by atoms with van der Waals surface area (Å²) in [5, 5.41) is 8.74. The number of hydrogen-bond donors (Lipinski definition) is 1. The molecule has 0 bridgehead atoms. The van der Waals surface area contributed by atoms with E-state index < -0.39 is 0 Å². The molecule has 0 aromatic rings. The molecule has 1 aliphatic carbocycles. The zero-order chi connectivity index (χ0) is 10.4. The topological polar surface area (TPSA) is 59.0 Å². The van der Waals surface area contributed by atoms with E-state index in [1.54, 1.807) is 6.08 Å². The average molecular weight is 190 g/mol. The first-order valence-electron chi connectivity index (χ1n) is 4.57. The van der Waals surface area contributed by atoms with E-state index >= 15 is 0 Å². The van der Waals surface area contributed by atoms with Crippen molar-refractivity contribution in [2.45, 2.75) is 13.3 Å². The van der Waals surface area contributed by atoms with Gasteiger partial charge in [-0.05, 0) is 30.1 Å². The third-order valence-corrected chi connectivity index (χ3v) is 2.28. The average Bonchev–Trinajstić information content (AvgIpc) is 2.18. The van der Waals surface area contributed by atoms with Gasteiger partial charge in [-0.15, -0.1) is 0 Å². The maximum Gasteiger partial charge on any atom is 0.0991 e. The van der Waals surface area contributed by atoms with Gasteiger partial charge in [-0.1, -0.05) is 19.1 Å². The Morgan fingerprint density at radius 3 is 3.07 bits per heavy atom. The van der Waals surface area contributed by atoms with Crippen LogP contribution in [0.1, 0.15) is 13.3 Å². The quantitative estimate of drug-likeness (QED) is 0.676. The minimum atomic E-state index is 0.409. The molecular weight excluding hydrogens is 176 g/mol. The molecule has 1 rings (SSSR count). The van der Waals surface area contributed by atoms with Crippen molar-refractivity contribution < 1.29 is 4.84 Å². The third kappa shape index (κ3) is 2.84. The lowest BCUT2D eigenvalue weighted by molar-refractivity contribution is 0.155. The molecule has 0 fully saturated rings. The Balaban J connectivity index is 2.88. The van der Waals surface area contributed by atoms with Crippen molar-refractivity contribution in [3.05, 3.63) is 35.5 Å². The van der Waals surface area contributed by atoms with E-state index in [0.717, 1.165) is 12.0 Å². The van der Waals surface area contributed by atoms with Gasteiger partial charge >= 0.3 is 0 Å². The Hall–Kier alpha value is -1.37. The van der Waals surface area contributed by atoms with Gasteiger partial charge in [0.15, 0.2) is 0 Å². The van der Waals surface area contributed by atoms with Crippen molar-refractivity contribution in [3.8, 4) is 6.07 Å². The normalized spacial score (nSPS) is 31.4. The van der Waals surface area contributed by atoms with Crippen LogP contribution in [-0.4, -0.2) is 6.61 Å². The summed E-state index contributed by atoms with van der Waals surface area (Å²) in [6.07, 6.45) is 8.46. The van der Waals surface area contributed by atoms with Gasteiger partial charge in [0.05, 0.1) is 18.2 Å². The molecule has 0 radical (unpaired) electrons. The minimum Gasteiger partial charge on any atom is -0.300 e. The van der Waals surface area contributed by atoms with Gasteiger partial charge in [-0.3, -0.25) is 0 Å². The van der Waals surface area contributed by atoms with Crippen molar-refractivity contribution in [1.29, 1.82) is 5.26 Å². The van der Waals surface area contributed by atoms with E-state index in [2.05, 4.69) is 17.8 Å². The van der Waals surface area contributed by atoms with Gasteiger partial charge in [0.1, 0.15) is 0 Å². The number of allylic oxidation sites excluding steroid dienone is 5. The molecule has 1 aliphatic rings. The van der Waals surface area contributed by atoms with E-state index in [-0.39, 0.29) is 0 Å². The summed E-state index contributed by atoms with van der Waals surface area (Å²) in [7, 11) is 0. The molecule has 0 aromatic heterocycles. The van der Waals surface area contributed by atoms with Crippen LogP contribution < -0.4 is 5.90 Å². The van der Waals surface area contributed by atoms with Crippen molar-refractivity contribution in [1.82, 2.24) is 0 Å². The van der Waals surface area contributed by atoms with Crippen molar-refractivity contribution in [2.75, 3.05) is 6.61 Å². The fraction of sp³-hybridized carbons (Fsp3) is 0.364. The van der Waals surface area contributed by atoms with Crippen LogP contribution in [0.3, 0.4) is 0 Å². The molecule has 0 amide bonds. The highest BCUT2D eigenvalue weighted by Gasteiger charge is 2.08. The molecule has 0 spiro atoms. The van der Waals surface area contributed by atoms with Gasteiger partial charge in [-0.25, -0.2) is 5.90 Å². The monoisotopic (exact) mass is 190 g/mol. The smallest absolute Gasteiger partial charge is 0.0991 e. The molecule has 2 N–H and O–H groups in total. The molecule has 3 nitrogen and oxygen atoms in total. The first kappa shape index (κ1) is 10.7. The fourth-order valence-electron chi connectivity index (χ4n) is 1.33. The number of nitrogens with zero attached hydrogens (tertiary/aromatic N) is 1. The molecule has 74 valence electrons. The summed E-state index contributed by atoms with van der Waals surface area (Å²) in [6, 6.07) is 2.11. The fourth-order valence-corrected chi connectivity index (χ4v) is 1.33. The molecule has 0 aromatic carbocycles. The lowest BCUT2D eigenvalue weighted by Crippen LogP contribution is -2.10. The Morgan fingerprint density at radius 2 is 2.43 bits per heavy atom. The van der Waals surface area contributed by atoms with Crippen LogP contribution in [0.25, 0.3) is 0 Å². The van der Waals surface area contributed by atoms with Gasteiger partial charge < -0.3 is 4.84 Å². The lowest BCUT2D eigenvalue weighted by atomic mass is 9.95. The molecule has 14 heavy (non-hydrogen) atoms. The van der Waals surface area contributed by atoms with E-state index in [1.807, 2.05) is 18.2 Å². The molecule has 0 saturated carbocycles. The molecular formula is C11H14N2O. The summed E-state index contributed by atoms with van der Waals surface area (Å²) >= 11 is 0. The van der Waals surface area contributed by atoms with Gasteiger partial charge in [0.2, 0.25) is 0 Å². The van der Waals surface area contributed by atoms with Crippen LogP contribution in [0, 0.1) is 17.2 Å².